The van der Waals surface area contributed by atoms with Crippen LogP contribution in [0.4, 0.5) is 13.2 Å². The number of aryl methyl sites for hydroxylation is 1. The van der Waals surface area contributed by atoms with Crippen molar-refractivity contribution in [3.05, 3.63) is 52.5 Å². The number of nitrogens with zero attached hydrogens (tertiary/aromatic N) is 3. The van der Waals surface area contributed by atoms with E-state index in [1.54, 1.807) is 13.0 Å². The molecule has 0 bridgehead atoms. The minimum absolute atomic E-state index is 0.0458. The average molecular weight is 447 g/mol. The number of aromatic nitrogens is 2. The molecule has 0 saturated carbocycles. The van der Waals surface area contributed by atoms with Gasteiger partial charge in [0.05, 0.1) is 10.6 Å². The summed E-state index contributed by atoms with van der Waals surface area (Å²) in [5.41, 5.74) is -5.55. The zero-order chi connectivity index (χ0) is 21.8. The van der Waals surface area contributed by atoms with E-state index in [4.69, 9.17) is 0 Å². The summed E-state index contributed by atoms with van der Waals surface area (Å²) in [7, 11) is -10.3. The Labute approximate surface area is 164 Å². The maximum atomic E-state index is 12.9. The van der Waals surface area contributed by atoms with E-state index >= 15 is 0 Å². The van der Waals surface area contributed by atoms with Gasteiger partial charge in [-0.1, -0.05) is 24.6 Å². The maximum absolute atomic E-state index is 12.9. The maximum Gasteiger partial charge on any atom is 0.534 e. The lowest BCUT2D eigenvalue weighted by Gasteiger charge is -2.13. The Morgan fingerprint density at radius 3 is 2.28 bits per heavy atom. The molecule has 154 valence electrons. The van der Waals surface area contributed by atoms with Crippen molar-refractivity contribution < 1.29 is 34.2 Å². The molecule has 0 aliphatic heterocycles. The average Bonchev–Trinajstić information content (AvgIpc) is 3.12. The van der Waals surface area contributed by atoms with Gasteiger partial charge in [-0.3, -0.25) is 0 Å². The highest BCUT2D eigenvalue weighted by Gasteiger charge is 2.50. The summed E-state index contributed by atoms with van der Waals surface area (Å²) in [6.07, 6.45) is 0.822. The quantitative estimate of drug-likeness (QED) is 0.522. The van der Waals surface area contributed by atoms with Crippen molar-refractivity contribution in [3.63, 3.8) is 0 Å². The zero-order valence-electron chi connectivity index (χ0n) is 14.8. The van der Waals surface area contributed by atoms with Crippen LogP contribution in [-0.4, -0.2) is 31.5 Å². The standard InChI is InChI=1S/C16H12F3N3O5S2/c1-9-3-5-11(6-4-9)28(23,24)22-13-7-14(27-29(25,26)16(17,18)19)10(2)15(13)12(8-20)21-22/h3-7,10H,1-2H3/t10-/m0/s1. The Hall–Kier alpha value is -2.85. The van der Waals surface area contributed by atoms with Crippen LogP contribution in [0.5, 0.6) is 0 Å². The molecule has 1 atom stereocenters. The van der Waals surface area contributed by atoms with Gasteiger partial charge in [0, 0.05) is 17.6 Å². The summed E-state index contributed by atoms with van der Waals surface area (Å²) in [6, 6.07) is 7.34. The Morgan fingerprint density at radius 2 is 1.76 bits per heavy atom. The zero-order valence-corrected chi connectivity index (χ0v) is 16.4. The number of benzene rings is 1. The van der Waals surface area contributed by atoms with Crippen molar-refractivity contribution in [2.24, 2.45) is 0 Å². The fourth-order valence-corrected chi connectivity index (χ4v) is 4.55. The van der Waals surface area contributed by atoms with Gasteiger partial charge in [0.2, 0.25) is 0 Å². The predicted octanol–water partition coefficient (Wildman–Crippen LogP) is 2.62. The highest BCUT2D eigenvalue weighted by atomic mass is 32.2. The van der Waals surface area contributed by atoms with Crippen LogP contribution in [0.15, 0.2) is 34.9 Å². The largest absolute Gasteiger partial charge is 0.534 e. The third kappa shape index (κ3) is 3.38. The van der Waals surface area contributed by atoms with Gasteiger partial charge in [-0.2, -0.15) is 39.4 Å². The Kier molecular flexibility index (Phi) is 4.75. The van der Waals surface area contributed by atoms with Gasteiger partial charge in [-0.15, -0.1) is 5.10 Å². The van der Waals surface area contributed by atoms with Gasteiger partial charge < -0.3 is 4.18 Å². The minimum Gasteiger partial charge on any atom is -0.380 e. The summed E-state index contributed by atoms with van der Waals surface area (Å²) in [6.45, 7) is 3.01. The van der Waals surface area contributed by atoms with E-state index in [1.165, 1.54) is 31.2 Å². The highest BCUT2D eigenvalue weighted by Crippen LogP contribution is 2.42. The summed E-state index contributed by atoms with van der Waals surface area (Å²) in [5.74, 6) is -1.81. The number of nitriles is 1. The van der Waals surface area contributed by atoms with Gasteiger partial charge in [0.1, 0.15) is 11.8 Å². The van der Waals surface area contributed by atoms with Gasteiger partial charge in [0.25, 0.3) is 10.0 Å². The molecule has 0 unspecified atom stereocenters. The molecule has 0 amide bonds. The summed E-state index contributed by atoms with van der Waals surface area (Å²) in [4.78, 5) is -0.170. The van der Waals surface area contributed by atoms with Crippen LogP contribution in [0.25, 0.3) is 6.08 Å². The van der Waals surface area contributed by atoms with Gasteiger partial charge in [-0.05, 0) is 19.1 Å². The monoisotopic (exact) mass is 447 g/mol. The lowest BCUT2D eigenvalue weighted by atomic mass is 10.0. The number of allylic oxidation sites excluding steroid dienone is 1. The lowest BCUT2D eigenvalue weighted by molar-refractivity contribution is -0.0523. The van der Waals surface area contributed by atoms with E-state index in [2.05, 4.69) is 9.28 Å². The third-order valence-corrected chi connectivity index (χ3v) is 6.79. The topological polar surface area (TPSA) is 119 Å². The SMILES string of the molecule is Cc1ccc(S(=O)(=O)n2nc(C#N)c3c2C=C(OS(=O)(=O)C(F)(F)F)[C@@H]3C)cc1. The second-order valence-corrected chi connectivity index (χ2v) is 9.48. The first-order valence-corrected chi connectivity index (χ1v) is 10.7. The summed E-state index contributed by atoms with van der Waals surface area (Å²) in [5, 5.41) is 13.0. The van der Waals surface area contributed by atoms with Crippen LogP contribution in [0, 0.1) is 18.3 Å². The van der Waals surface area contributed by atoms with Gasteiger partial charge in [-0.25, -0.2) is 0 Å². The molecule has 1 aliphatic carbocycles. The molecule has 0 radical (unpaired) electrons. The van der Waals surface area contributed by atoms with Crippen LogP contribution in [0.3, 0.4) is 0 Å². The van der Waals surface area contributed by atoms with E-state index in [9.17, 15) is 35.3 Å². The predicted molar refractivity (Wildman–Crippen MR) is 93.2 cm³/mol. The van der Waals surface area contributed by atoms with E-state index in [1.807, 2.05) is 0 Å². The van der Waals surface area contributed by atoms with E-state index < -0.39 is 37.3 Å². The van der Waals surface area contributed by atoms with Crippen molar-refractivity contribution in [1.29, 1.82) is 5.26 Å². The molecule has 0 fully saturated rings. The molecule has 0 N–H and O–H groups in total. The normalized spacial score (nSPS) is 16.8. The highest BCUT2D eigenvalue weighted by molar-refractivity contribution is 7.90. The van der Waals surface area contributed by atoms with E-state index in [-0.39, 0.29) is 21.8 Å². The fourth-order valence-electron chi connectivity index (χ4n) is 2.73. The van der Waals surface area contributed by atoms with Crippen LogP contribution < -0.4 is 0 Å². The molecule has 1 aromatic heterocycles. The van der Waals surface area contributed by atoms with Crippen molar-refractivity contribution in [2.75, 3.05) is 0 Å². The van der Waals surface area contributed by atoms with Crippen molar-refractivity contribution in [1.82, 2.24) is 9.19 Å². The van der Waals surface area contributed by atoms with Crippen LogP contribution in [0.1, 0.15) is 35.4 Å². The van der Waals surface area contributed by atoms with Gasteiger partial charge in [0.15, 0.2) is 5.69 Å². The van der Waals surface area contributed by atoms with Crippen molar-refractivity contribution in [3.8, 4) is 6.07 Å². The molecule has 2 aromatic rings. The minimum atomic E-state index is -5.96. The summed E-state index contributed by atoms with van der Waals surface area (Å²) < 4.78 is 91.0. The lowest BCUT2D eigenvalue weighted by Crippen LogP contribution is -2.25. The fraction of sp³-hybridized carbons (Fsp3) is 0.250. The van der Waals surface area contributed by atoms with E-state index in [0.29, 0.717) is 4.09 Å². The molecule has 13 heteroatoms. The number of rotatable bonds is 4. The summed E-state index contributed by atoms with van der Waals surface area (Å²) >= 11 is 0. The first kappa shape index (κ1) is 20.9. The number of hydrogen-bond acceptors (Lipinski definition) is 7. The Balaban J connectivity index is 2.15. The van der Waals surface area contributed by atoms with Crippen LogP contribution in [0.2, 0.25) is 0 Å². The van der Waals surface area contributed by atoms with E-state index in [0.717, 1.165) is 11.6 Å². The first-order valence-electron chi connectivity index (χ1n) is 7.87. The van der Waals surface area contributed by atoms with Crippen LogP contribution >= 0.6 is 0 Å². The number of halogens is 3. The van der Waals surface area contributed by atoms with Crippen LogP contribution in [-0.2, 0) is 24.3 Å². The molecule has 0 spiro atoms. The third-order valence-electron chi connectivity index (χ3n) is 4.21. The Morgan fingerprint density at radius 1 is 1.17 bits per heavy atom. The molecular weight excluding hydrogens is 435 g/mol. The van der Waals surface area contributed by atoms with Crippen molar-refractivity contribution >= 4 is 26.2 Å². The van der Waals surface area contributed by atoms with Gasteiger partial charge >= 0.3 is 15.6 Å². The molecule has 1 aliphatic rings. The number of alkyl halides is 3. The van der Waals surface area contributed by atoms with Crippen molar-refractivity contribution in [2.45, 2.75) is 30.2 Å². The second kappa shape index (κ2) is 6.60. The number of fused-ring (bicyclic) bond motifs is 1. The molecule has 0 saturated heterocycles. The molecule has 8 nitrogen and oxygen atoms in total. The molecule has 29 heavy (non-hydrogen) atoms. The molecule has 1 aromatic carbocycles. The smallest absolute Gasteiger partial charge is 0.380 e. The molecule has 1 heterocycles. The molecular formula is C16H12F3N3O5S2. The number of hydrogen-bond donors (Lipinski definition) is 0. The Bertz CT molecular complexity index is 1270. The first-order chi connectivity index (χ1) is 13.3. The molecule has 3 rings (SSSR count). The second-order valence-electron chi connectivity index (χ2n) is 6.17.